The van der Waals surface area contributed by atoms with Crippen molar-refractivity contribution >= 4 is 21.3 Å². The summed E-state index contributed by atoms with van der Waals surface area (Å²) in [6.07, 6.45) is 1.39. The number of hydrogen-bond donors (Lipinski definition) is 3. The number of para-hydroxylation sites is 1. The Balaban J connectivity index is 0.000000280. The van der Waals surface area contributed by atoms with Crippen molar-refractivity contribution in [3.63, 3.8) is 0 Å². The fourth-order valence-electron chi connectivity index (χ4n) is 1.32. The van der Waals surface area contributed by atoms with Gasteiger partial charge in [-0.2, -0.15) is 8.42 Å². The lowest BCUT2D eigenvalue weighted by atomic mass is 10.2. The zero-order chi connectivity index (χ0) is 13.8. The Kier molecular flexibility index (Phi) is 4.43. The Morgan fingerprint density at radius 3 is 2.33 bits per heavy atom. The monoisotopic (exact) mass is 273 g/mol. The summed E-state index contributed by atoms with van der Waals surface area (Å²) in [5.41, 5.74) is 0.817. The van der Waals surface area contributed by atoms with Crippen LogP contribution in [0.4, 0.5) is 0 Å². The van der Waals surface area contributed by atoms with Crippen molar-refractivity contribution < 1.29 is 27.4 Å². The second-order valence-corrected chi connectivity index (χ2v) is 4.04. The molecule has 0 saturated carbocycles. The third-order valence-electron chi connectivity index (χ3n) is 1.91. The van der Waals surface area contributed by atoms with Crippen molar-refractivity contribution in [2.24, 2.45) is 0 Å². The first-order valence-corrected chi connectivity index (χ1v) is 6.03. The van der Waals surface area contributed by atoms with E-state index in [1.165, 1.54) is 13.3 Å². The number of aromatic hydroxyl groups is 1. The maximum Gasteiger partial charge on any atom is 0.394 e. The van der Waals surface area contributed by atoms with E-state index in [9.17, 15) is 5.11 Å². The van der Waals surface area contributed by atoms with Gasteiger partial charge in [-0.25, -0.2) is 0 Å². The normalized spacial score (nSPS) is 10.6. The Morgan fingerprint density at radius 1 is 1.22 bits per heavy atom. The average molecular weight is 273 g/mol. The van der Waals surface area contributed by atoms with Crippen LogP contribution < -0.4 is 4.74 Å². The molecule has 2 aromatic rings. The van der Waals surface area contributed by atoms with E-state index < -0.39 is 10.4 Å². The van der Waals surface area contributed by atoms with Gasteiger partial charge in [0.1, 0.15) is 0 Å². The number of pyridine rings is 1. The highest BCUT2D eigenvalue weighted by atomic mass is 32.3. The maximum atomic E-state index is 9.42. The van der Waals surface area contributed by atoms with Crippen molar-refractivity contribution in [1.29, 1.82) is 0 Å². The van der Waals surface area contributed by atoms with Crippen LogP contribution in [0.1, 0.15) is 0 Å². The van der Waals surface area contributed by atoms with Gasteiger partial charge in [0.2, 0.25) is 0 Å². The van der Waals surface area contributed by atoms with Crippen LogP contribution in [-0.2, 0) is 10.4 Å². The van der Waals surface area contributed by atoms with Crippen LogP contribution in [0.5, 0.6) is 11.5 Å². The van der Waals surface area contributed by atoms with Gasteiger partial charge in [-0.15, -0.1) is 0 Å². The summed E-state index contributed by atoms with van der Waals surface area (Å²) in [6.45, 7) is 0. The zero-order valence-electron chi connectivity index (χ0n) is 9.31. The molecule has 98 valence electrons. The summed E-state index contributed by atoms with van der Waals surface area (Å²) in [5, 5.41) is 10.2. The molecule has 0 bridgehead atoms. The van der Waals surface area contributed by atoms with Gasteiger partial charge in [0.05, 0.1) is 18.8 Å². The topological polar surface area (TPSA) is 117 Å². The number of rotatable bonds is 1. The molecule has 3 N–H and O–H groups in total. The molecule has 0 saturated heterocycles. The Morgan fingerprint density at radius 2 is 1.78 bits per heavy atom. The first kappa shape index (κ1) is 14.2. The van der Waals surface area contributed by atoms with E-state index in [4.69, 9.17) is 22.3 Å². The van der Waals surface area contributed by atoms with Gasteiger partial charge in [-0.1, -0.05) is 12.1 Å². The molecule has 0 aliphatic rings. The lowest BCUT2D eigenvalue weighted by molar-refractivity contribution is 0.377. The number of benzene rings is 1. The first-order chi connectivity index (χ1) is 8.33. The number of fused-ring (bicyclic) bond motifs is 1. The Bertz CT molecular complexity index is 632. The molecule has 1 heterocycles. The molecule has 0 atom stereocenters. The summed E-state index contributed by atoms with van der Waals surface area (Å²) in [5.74, 6) is 0.548. The minimum absolute atomic E-state index is 0.0706. The summed E-state index contributed by atoms with van der Waals surface area (Å²) in [4.78, 5) is 4.06. The smallest absolute Gasteiger partial charge is 0.394 e. The quantitative estimate of drug-likeness (QED) is 0.670. The molecule has 18 heavy (non-hydrogen) atoms. The molecule has 0 spiro atoms. The number of aromatic nitrogens is 1. The summed E-state index contributed by atoms with van der Waals surface area (Å²) in [6, 6.07) is 7.51. The molecule has 8 heteroatoms. The predicted molar refractivity (Wildman–Crippen MR) is 64.1 cm³/mol. The van der Waals surface area contributed by atoms with Crippen molar-refractivity contribution in [3.05, 3.63) is 30.5 Å². The van der Waals surface area contributed by atoms with Crippen molar-refractivity contribution in [2.75, 3.05) is 7.11 Å². The second-order valence-electron chi connectivity index (χ2n) is 3.14. The lowest BCUT2D eigenvalue weighted by Gasteiger charge is -2.05. The number of nitrogens with zero attached hydrogens (tertiary/aromatic N) is 1. The van der Waals surface area contributed by atoms with Gasteiger partial charge < -0.3 is 9.84 Å². The van der Waals surface area contributed by atoms with Crippen LogP contribution in [0.3, 0.4) is 0 Å². The maximum absolute atomic E-state index is 9.42. The molecular formula is C10H11NO6S. The predicted octanol–water partition coefficient (Wildman–Crippen LogP) is 1.30. The van der Waals surface area contributed by atoms with E-state index in [1.54, 1.807) is 0 Å². The van der Waals surface area contributed by atoms with Crippen LogP contribution in [0, 0.1) is 0 Å². The van der Waals surface area contributed by atoms with Crippen LogP contribution >= 0.6 is 0 Å². The summed E-state index contributed by atoms with van der Waals surface area (Å²) < 4.78 is 36.7. The van der Waals surface area contributed by atoms with Crippen molar-refractivity contribution in [1.82, 2.24) is 4.98 Å². The van der Waals surface area contributed by atoms with Gasteiger partial charge in [0, 0.05) is 5.39 Å². The molecule has 0 aliphatic heterocycles. The molecule has 1 aromatic heterocycles. The minimum Gasteiger partial charge on any atom is -0.503 e. The van der Waals surface area contributed by atoms with Crippen LogP contribution in [0.15, 0.2) is 30.5 Å². The fraction of sp³-hybridized carbons (Fsp3) is 0.100. The van der Waals surface area contributed by atoms with E-state index in [-0.39, 0.29) is 5.75 Å². The average Bonchev–Trinajstić information content (AvgIpc) is 2.27. The van der Waals surface area contributed by atoms with E-state index in [1.807, 2.05) is 24.3 Å². The standard InChI is InChI=1S/C10H9NO2.H2O4S/c1-13-10-7-4-2-3-5-8(7)11-6-9(10)12;1-5(2,3)4/h2-6,12H,1H3;(H2,1,2,3,4). The van der Waals surface area contributed by atoms with Gasteiger partial charge in [-0.05, 0) is 12.1 Å². The third kappa shape index (κ3) is 4.17. The number of methoxy groups -OCH3 is 1. The van der Waals surface area contributed by atoms with Gasteiger partial charge in [-0.3, -0.25) is 14.1 Å². The van der Waals surface area contributed by atoms with Crippen LogP contribution in [-0.4, -0.2) is 34.7 Å². The van der Waals surface area contributed by atoms with E-state index in [0.717, 1.165) is 10.9 Å². The van der Waals surface area contributed by atoms with Crippen molar-refractivity contribution in [2.45, 2.75) is 0 Å². The largest absolute Gasteiger partial charge is 0.503 e. The van der Waals surface area contributed by atoms with E-state index >= 15 is 0 Å². The zero-order valence-corrected chi connectivity index (χ0v) is 10.1. The Labute approximate surface area is 103 Å². The summed E-state index contributed by atoms with van der Waals surface area (Å²) >= 11 is 0. The number of ether oxygens (including phenoxy) is 1. The van der Waals surface area contributed by atoms with Crippen molar-refractivity contribution in [3.8, 4) is 11.5 Å². The highest BCUT2D eigenvalue weighted by Crippen LogP contribution is 2.32. The van der Waals surface area contributed by atoms with Gasteiger partial charge in [0.25, 0.3) is 0 Å². The molecule has 1 aromatic carbocycles. The van der Waals surface area contributed by atoms with Crippen LogP contribution in [0.2, 0.25) is 0 Å². The second kappa shape index (κ2) is 5.63. The Hall–Kier alpha value is -1.90. The number of hydrogen-bond acceptors (Lipinski definition) is 5. The molecule has 0 aliphatic carbocycles. The van der Waals surface area contributed by atoms with E-state index in [2.05, 4.69) is 4.98 Å². The molecular weight excluding hydrogens is 262 g/mol. The molecule has 7 nitrogen and oxygen atoms in total. The molecule has 0 amide bonds. The lowest BCUT2D eigenvalue weighted by Crippen LogP contribution is -1.89. The molecule has 0 fully saturated rings. The highest BCUT2D eigenvalue weighted by molar-refractivity contribution is 7.79. The fourth-order valence-corrected chi connectivity index (χ4v) is 1.32. The van der Waals surface area contributed by atoms with Gasteiger partial charge >= 0.3 is 10.4 Å². The van der Waals surface area contributed by atoms with Crippen LogP contribution in [0.25, 0.3) is 10.9 Å². The van der Waals surface area contributed by atoms with Gasteiger partial charge in [0.15, 0.2) is 11.5 Å². The SMILES string of the molecule is COc1c(O)cnc2ccccc12.O=S(=O)(O)O. The first-order valence-electron chi connectivity index (χ1n) is 4.63. The summed E-state index contributed by atoms with van der Waals surface area (Å²) in [7, 11) is -3.14. The molecule has 2 rings (SSSR count). The minimum atomic E-state index is -4.67. The highest BCUT2D eigenvalue weighted by Gasteiger charge is 2.06. The van der Waals surface area contributed by atoms with E-state index in [0.29, 0.717) is 5.75 Å². The molecule has 0 unspecified atom stereocenters. The third-order valence-corrected chi connectivity index (χ3v) is 1.91. The molecule has 0 radical (unpaired) electrons.